The smallest absolute Gasteiger partial charge is 0.282 e. The van der Waals surface area contributed by atoms with Crippen LogP contribution in [0.15, 0.2) is 64.0 Å². The predicted molar refractivity (Wildman–Crippen MR) is 118 cm³/mol. The molecule has 2 aromatic carbocycles. The van der Waals surface area contributed by atoms with Gasteiger partial charge in [0.1, 0.15) is 10.6 Å². The Labute approximate surface area is 180 Å². The van der Waals surface area contributed by atoms with Crippen LogP contribution in [0.5, 0.6) is 0 Å². The Morgan fingerprint density at radius 2 is 1.59 bits per heavy atom. The van der Waals surface area contributed by atoms with E-state index in [4.69, 9.17) is 11.6 Å². The van der Waals surface area contributed by atoms with E-state index < -0.39 is 0 Å². The first-order valence-corrected chi connectivity index (χ1v) is 11.1. The summed E-state index contributed by atoms with van der Waals surface area (Å²) in [5, 5.41) is 4.05. The first-order valence-electron chi connectivity index (χ1n) is 9.92. The zero-order chi connectivity index (χ0) is 20.4. The van der Waals surface area contributed by atoms with E-state index in [0.29, 0.717) is 21.3 Å². The average molecular weight is 427 g/mol. The molecular formula is C23H23ClN2O2S. The number of hydrogen-bond acceptors (Lipinski definition) is 4. The molecule has 0 bridgehead atoms. The molecule has 1 saturated carbocycles. The quantitative estimate of drug-likeness (QED) is 0.646. The van der Waals surface area contributed by atoms with E-state index in [9.17, 15) is 9.59 Å². The number of amides is 2. The van der Waals surface area contributed by atoms with Crippen molar-refractivity contribution in [3.05, 3.63) is 69.7 Å². The van der Waals surface area contributed by atoms with Crippen molar-refractivity contribution >= 4 is 40.9 Å². The van der Waals surface area contributed by atoms with Crippen molar-refractivity contribution in [2.45, 2.75) is 50.0 Å². The van der Waals surface area contributed by atoms with Crippen molar-refractivity contribution < 1.29 is 9.59 Å². The minimum absolute atomic E-state index is 0.231. The highest BCUT2D eigenvalue weighted by Crippen LogP contribution is 2.37. The Balaban J connectivity index is 1.67. The van der Waals surface area contributed by atoms with Gasteiger partial charge in [-0.15, -0.1) is 0 Å². The van der Waals surface area contributed by atoms with E-state index in [1.165, 1.54) is 23.1 Å². The second-order valence-electron chi connectivity index (χ2n) is 7.52. The molecule has 0 aromatic heterocycles. The molecule has 0 atom stereocenters. The summed E-state index contributed by atoms with van der Waals surface area (Å²) in [6, 6.07) is 15.0. The lowest BCUT2D eigenvalue weighted by Crippen LogP contribution is -2.37. The highest BCUT2D eigenvalue weighted by Gasteiger charge is 2.40. The molecule has 6 heteroatoms. The zero-order valence-electron chi connectivity index (χ0n) is 16.3. The molecule has 1 heterocycles. The minimum Gasteiger partial charge on any atom is -0.377 e. The number of benzene rings is 2. The van der Waals surface area contributed by atoms with Gasteiger partial charge in [-0.2, -0.15) is 0 Å². The molecule has 4 nitrogen and oxygen atoms in total. The summed E-state index contributed by atoms with van der Waals surface area (Å²) in [7, 11) is 0. The number of anilines is 1. The number of nitrogens with one attached hydrogen (secondary N) is 1. The lowest BCUT2D eigenvalue weighted by atomic mass is 9.95. The third-order valence-corrected chi connectivity index (χ3v) is 6.66. The number of aryl methyl sites for hydroxylation is 1. The van der Waals surface area contributed by atoms with E-state index >= 15 is 0 Å². The topological polar surface area (TPSA) is 49.4 Å². The summed E-state index contributed by atoms with van der Waals surface area (Å²) in [4.78, 5) is 29.2. The molecule has 150 valence electrons. The van der Waals surface area contributed by atoms with Crippen LogP contribution in [0, 0.1) is 6.92 Å². The van der Waals surface area contributed by atoms with Crippen LogP contribution >= 0.6 is 23.4 Å². The van der Waals surface area contributed by atoms with Gasteiger partial charge in [-0.05, 0) is 56.2 Å². The number of hydrogen-bond donors (Lipinski definition) is 1. The van der Waals surface area contributed by atoms with E-state index in [2.05, 4.69) is 5.32 Å². The molecule has 4 rings (SSSR count). The summed E-state index contributed by atoms with van der Waals surface area (Å²) in [6.07, 6.45) is 5.57. The lowest BCUT2D eigenvalue weighted by Gasteiger charge is -2.24. The fraction of sp³-hybridized carbons (Fsp3) is 0.304. The van der Waals surface area contributed by atoms with Crippen LogP contribution in [0.3, 0.4) is 0 Å². The van der Waals surface area contributed by atoms with Crippen LogP contribution in [0.1, 0.15) is 37.7 Å². The van der Waals surface area contributed by atoms with Gasteiger partial charge in [0.15, 0.2) is 0 Å². The Morgan fingerprint density at radius 1 is 0.931 bits per heavy atom. The van der Waals surface area contributed by atoms with Gasteiger partial charge in [-0.25, -0.2) is 4.90 Å². The van der Waals surface area contributed by atoms with Crippen molar-refractivity contribution in [2.24, 2.45) is 0 Å². The summed E-state index contributed by atoms with van der Waals surface area (Å²) in [6.45, 7) is 1.98. The van der Waals surface area contributed by atoms with Crippen molar-refractivity contribution in [2.75, 3.05) is 4.90 Å². The second kappa shape index (κ2) is 8.64. The molecule has 0 saturated heterocycles. The average Bonchev–Trinajstić information content (AvgIpc) is 2.95. The van der Waals surface area contributed by atoms with Gasteiger partial charge in [-0.1, -0.05) is 60.3 Å². The number of carbonyl (C=O) groups is 2. The normalized spacial score (nSPS) is 17.9. The molecule has 2 amide bonds. The number of nitrogens with zero attached hydrogens (tertiary/aromatic N) is 1. The summed E-state index contributed by atoms with van der Waals surface area (Å²) >= 11 is 7.31. The summed E-state index contributed by atoms with van der Waals surface area (Å²) in [5.41, 5.74) is 2.10. The highest BCUT2D eigenvalue weighted by atomic mass is 35.5. The van der Waals surface area contributed by atoms with Crippen LogP contribution in [0.2, 0.25) is 5.02 Å². The molecule has 1 N–H and O–H groups in total. The number of carbonyl (C=O) groups excluding carboxylic acids is 2. The van der Waals surface area contributed by atoms with Crippen molar-refractivity contribution in [1.29, 1.82) is 0 Å². The second-order valence-corrected chi connectivity index (χ2v) is 9.04. The van der Waals surface area contributed by atoms with Crippen molar-refractivity contribution in [3.8, 4) is 0 Å². The Hall–Kier alpha value is -2.24. The number of imide groups is 1. The highest BCUT2D eigenvalue weighted by molar-refractivity contribution is 8.04. The number of rotatable bonds is 5. The summed E-state index contributed by atoms with van der Waals surface area (Å²) in [5.74, 6) is -0.557. The molecule has 1 aliphatic carbocycles. The van der Waals surface area contributed by atoms with Gasteiger partial charge in [0, 0.05) is 16.0 Å². The van der Waals surface area contributed by atoms with Gasteiger partial charge in [0.25, 0.3) is 11.8 Å². The third-order valence-electron chi connectivity index (χ3n) is 5.32. The molecule has 0 spiro atoms. The molecular weight excluding hydrogens is 404 g/mol. The summed E-state index contributed by atoms with van der Waals surface area (Å²) < 4.78 is 0. The van der Waals surface area contributed by atoms with E-state index in [-0.39, 0.29) is 17.9 Å². The van der Waals surface area contributed by atoms with Crippen LogP contribution < -0.4 is 10.2 Å². The fourth-order valence-corrected chi connectivity index (χ4v) is 4.79. The van der Waals surface area contributed by atoms with Crippen LogP contribution in [0.25, 0.3) is 0 Å². The predicted octanol–water partition coefficient (Wildman–Crippen LogP) is 5.45. The number of halogens is 1. The third kappa shape index (κ3) is 4.36. The Bertz CT molecular complexity index is 948. The maximum Gasteiger partial charge on any atom is 0.282 e. The molecule has 1 fully saturated rings. The molecule has 0 radical (unpaired) electrons. The maximum absolute atomic E-state index is 13.3. The van der Waals surface area contributed by atoms with Crippen LogP contribution in [0.4, 0.5) is 5.69 Å². The van der Waals surface area contributed by atoms with Crippen molar-refractivity contribution in [1.82, 2.24) is 5.32 Å². The van der Waals surface area contributed by atoms with E-state index in [1.807, 2.05) is 43.3 Å². The molecule has 29 heavy (non-hydrogen) atoms. The molecule has 1 aliphatic heterocycles. The molecule has 2 aromatic rings. The number of thioether (sulfide) groups is 1. The first-order chi connectivity index (χ1) is 14.0. The Kier molecular flexibility index (Phi) is 5.97. The van der Waals surface area contributed by atoms with Gasteiger partial charge >= 0.3 is 0 Å². The first kappa shape index (κ1) is 20.0. The largest absolute Gasteiger partial charge is 0.377 e. The zero-order valence-corrected chi connectivity index (χ0v) is 17.9. The van der Waals surface area contributed by atoms with Crippen LogP contribution in [-0.2, 0) is 9.59 Å². The van der Waals surface area contributed by atoms with Gasteiger partial charge in [0.05, 0.1) is 5.69 Å². The van der Waals surface area contributed by atoms with Gasteiger partial charge in [0.2, 0.25) is 0 Å². The molecule has 0 unspecified atom stereocenters. The van der Waals surface area contributed by atoms with E-state index in [0.717, 1.165) is 36.1 Å². The molecule has 2 aliphatic rings. The Morgan fingerprint density at radius 3 is 2.24 bits per heavy atom. The minimum atomic E-state index is -0.280. The van der Waals surface area contributed by atoms with Gasteiger partial charge < -0.3 is 5.32 Å². The monoisotopic (exact) mass is 426 g/mol. The van der Waals surface area contributed by atoms with Crippen molar-refractivity contribution in [3.63, 3.8) is 0 Å². The SMILES string of the molecule is Cc1ccc(N2C(=O)C(NC3CCCCC3)=C(Sc3ccc(Cl)cc3)C2=O)cc1. The fourth-order valence-electron chi connectivity index (χ4n) is 3.73. The van der Waals surface area contributed by atoms with E-state index in [1.54, 1.807) is 12.1 Å². The standard InChI is InChI=1S/C23H23ClN2O2S/c1-15-7-11-18(12-8-15)26-22(27)20(25-17-5-3-2-4-6-17)21(23(26)28)29-19-13-9-16(24)10-14-19/h7-14,17,25H,2-6H2,1H3. The maximum atomic E-state index is 13.3. The van der Waals surface area contributed by atoms with Crippen LogP contribution in [-0.4, -0.2) is 17.9 Å². The lowest BCUT2D eigenvalue weighted by molar-refractivity contribution is -0.120. The van der Waals surface area contributed by atoms with Gasteiger partial charge in [-0.3, -0.25) is 9.59 Å².